The molecule has 0 aliphatic rings. The van der Waals surface area contributed by atoms with Crippen molar-refractivity contribution in [2.45, 2.75) is 12.8 Å². The van der Waals surface area contributed by atoms with Crippen molar-refractivity contribution < 1.29 is 13.6 Å². The molecule has 4 heteroatoms. The average molecular weight is 247 g/mol. The summed E-state index contributed by atoms with van der Waals surface area (Å²) in [6.07, 6.45) is 1.46. The number of amides is 1. The Bertz CT molecular complexity index is 505. The number of rotatable bonds is 4. The van der Waals surface area contributed by atoms with E-state index in [-0.39, 0.29) is 17.6 Å². The minimum Gasteiger partial charge on any atom is -0.459 e. The van der Waals surface area contributed by atoms with E-state index >= 15 is 0 Å². The lowest BCUT2D eigenvalue weighted by Crippen LogP contribution is -2.27. The lowest BCUT2D eigenvalue weighted by Gasteiger charge is -2.12. The second-order valence-corrected chi connectivity index (χ2v) is 4.14. The summed E-state index contributed by atoms with van der Waals surface area (Å²) < 4.78 is 17.8. The maximum atomic E-state index is 12.8. The molecular formula is C14H14FNO2. The fourth-order valence-electron chi connectivity index (χ4n) is 1.65. The molecule has 1 aromatic carbocycles. The number of furan rings is 1. The Hall–Kier alpha value is -2.10. The maximum absolute atomic E-state index is 12.8. The summed E-state index contributed by atoms with van der Waals surface area (Å²) in [6, 6.07) is 9.55. The molecule has 2 aromatic rings. The molecule has 1 N–H and O–H groups in total. The van der Waals surface area contributed by atoms with Crippen LogP contribution in [0.25, 0.3) is 0 Å². The van der Waals surface area contributed by atoms with Gasteiger partial charge in [0.25, 0.3) is 5.91 Å². The molecule has 0 fully saturated rings. The van der Waals surface area contributed by atoms with E-state index in [1.54, 1.807) is 24.3 Å². The molecule has 0 saturated carbocycles. The van der Waals surface area contributed by atoms with E-state index in [0.29, 0.717) is 12.3 Å². The molecular weight excluding hydrogens is 233 g/mol. The van der Waals surface area contributed by atoms with Crippen LogP contribution < -0.4 is 5.32 Å². The molecule has 0 spiro atoms. The highest BCUT2D eigenvalue weighted by molar-refractivity contribution is 5.91. The van der Waals surface area contributed by atoms with Crippen molar-refractivity contribution in [1.29, 1.82) is 0 Å². The van der Waals surface area contributed by atoms with Crippen molar-refractivity contribution in [3.8, 4) is 0 Å². The van der Waals surface area contributed by atoms with Gasteiger partial charge in [-0.25, -0.2) is 4.39 Å². The van der Waals surface area contributed by atoms with Crippen LogP contribution in [0.2, 0.25) is 0 Å². The van der Waals surface area contributed by atoms with E-state index in [1.165, 1.54) is 18.4 Å². The highest BCUT2D eigenvalue weighted by Crippen LogP contribution is 2.14. The van der Waals surface area contributed by atoms with Crippen molar-refractivity contribution in [3.63, 3.8) is 0 Å². The molecule has 1 atom stereocenters. The van der Waals surface area contributed by atoms with Crippen molar-refractivity contribution in [3.05, 3.63) is 59.8 Å². The zero-order chi connectivity index (χ0) is 13.0. The predicted octanol–water partition coefficient (Wildman–Crippen LogP) is 2.95. The summed E-state index contributed by atoms with van der Waals surface area (Å²) in [4.78, 5) is 11.6. The van der Waals surface area contributed by atoms with Crippen LogP contribution in [0.4, 0.5) is 4.39 Å². The largest absolute Gasteiger partial charge is 0.459 e. The van der Waals surface area contributed by atoms with Gasteiger partial charge in [-0.2, -0.15) is 0 Å². The predicted molar refractivity (Wildman–Crippen MR) is 65.9 cm³/mol. The van der Waals surface area contributed by atoms with Gasteiger partial charge in [0, 0.05) is 6.54 Å². The Kier molecular flexibility index (Phi) is 3.77. The summed E-state index contributed by atoms with van der Waals surface area (Å²) in [5.41, 5.74) is 0.983. The molecule has 2 rings (SSSR count). The van der Waals surface area contributed by atoms with Gasteiger partial charge in [-0.3, -0.25) is 4.79 Å². The fraction of sp³-hybridized carbons (Fsp3) is 0.214. The number of carbonyl (C=O) groups is 1. The van der Waals surface area contributed by atoms with Crippen LogP contribution in [-0.2, 0) is 0 Å². The molecule has 0 bridgehead atoms. The Morgan fingerprint density at radius 2 is 2.06 bits per heavy atom. The van der Waals surface area contributed by atoms with Crippen LogP contribution in [0.5, 0.6) is 0 Å². The summed E-state index contributed by atoms with van der Waals surface area (Å²) in [5.74, 6) is -0.0923. The smallest absolute Gasteiger partial charge is 0.286 e. The van der Waals surface area contributed by atoms with Gasteiger partial charge in [0.05, 0.1) is 6.26 Å². The number of hydrogen-bond donors (Lipinski definition) is 1. The van der Waals surface area contributed by atoms with Gasteiger partial charge >= 0.3 is 0 Å². The Morgan fingerprint density at radius 3 is 2.67 bits per heavy atom. The number of hydrogen-bond acceptors (Lipinski definition) is 2. The van der Waals surface area contributed by atoms with Gasteiger partial charge in [-0.1, -0.05) is 19.1 Å². The fourth-order valence-corrected chi connectivity index (χ4v) is 1.65. The van der Waals surface area contributed by atoms with Crippen molar-refractivity contribution in [1.82, 2.24) is 5.32 Å². The van der Waals surface area contributed by atoms with Crippen LogP contribution in [0.3, 0.4) is 0 Å². The zero-order valence-electron chi connectivity index (χ0n) is 10.0. The van der Waals surface area contributed by atoms with E-state index in [2.05, 4.69) is 5.32 Å². The van der Waals surface area contributed by atoms with Gasteiger partial charge in [0.2, 0.25) is 0 Å². The van der Waals surface area contributed by atoms with Gasteiger partial charge in [0.15, 0.2) is 5.76 Å². The summed E-state index contributed by atoms with van der Waals surface area (Å²) in [6.45, 7) is 2.45. The molecule has 18 heavy (non-hydrogen) atoms. The first-order valence-electron chi connectivity index (χ1n) is 5.74. The van der Waals surface area contributed by atoms with Gasteiger partial charge in [-0.05, 0) is 35.7 Å². The summed E-state index contributed by atoms with van der Waals surface area (Å²) in [7, 11) is 0. The van der Waals surface area contributed by atoms with Crippen LogP contribution in [0.15, 0.2) is 47.1 Å². The molecule has 1 heterocycles. The second kappa shape index (κ2) is 5.49. The lowest BCUT2D eigenvalue weighted by atomic mass is 10.0. The number of nitrogens with one attached hydrogen (secondary N) is 1. The van der Waals surface area contributed by atoms with E-state index in [4.69, 9.17) is 4.42 Å². The average Bonchev–Trinajstić information content (AvgIpc) is 2.90. The van der Waals surface area contributed by atoms with Crippen LogP contribution in [0, 0.1) is 5.82 Å². The lowest BCUT2D eigenvalue weighted by molar-refractivity contribution is 0.0924. The maximum Gasteiger partial charge on any atom is 0.286 e. The third-order valence-electron chi connectivity index (χ3n) is 2.75. The highest BCUT2D eigenvalue weighted by Gasteiger charge is 2.11. The summed E-state index contributed by atoms with van der Waals surface area (Å²) >= 11 is 0. The Morgan fingerprint density at radius 1 is 1.33 bits per heavy atom. The minimum atomic E-state index is -0.259. The molecule has 0 saturated heterocycles. The molecule has 3 nitrogen and oxygen atoms in total. The van der Waals surface area contributed by atoms with E-state index in [0.717, 1.165) is 5.56 Å². The van der Waals surface area contributed by atoms with E-state index < -0.39 is 0 Å². The normalized spacial score (nSPS) is 12.1. The van der Waals surface area contributed by atoms with Crippen molar-refractivity contribution in [2.24, 2.45) is 0 Å². The first-order valence-corrected chi connectivity index (χ1v) is 5.74. The SMILES string of the molecule is CC(CNC(=O)c1ccco1)c1ccc(F)cc1. The van der Waals surface area contributed by atoms with E-state index in [1.807, 2.05) is 6.92 Å². The van der Waals surface area contributed by atoms with Crippen LogP contribution in [0.1, 0.15) is 29.0 Å². The molecule has 1 unspecified atom stereocenters. The first kappa shape index (κ1) is 12.4. The minimum absolute atomic E-state index is 0.115. The van der Waals surface area contributed by atoms with Crippen LogP contribution in [-0.4, -0.2) is 12.5 Å². The third-order valence-corrected chi connectivity index (χ3v) is 2.75. The third kappa shape index (κ3) is 2.97. The first-order chi connectivity index (χ1) is 8.66. The standard InChI is InChI=1S/C14H14FNO2/c1-10(11-4-6-12(15)7-5-11)9-16-14(17)13-3-2-8-18-13/h2-8,10H,9H2,1H3,(H,16,17). The molecule has 1 aromatic heterocycles. The molecule has 94 valence electrons. The quantitative estimate of drug-likeness (QED) is 0.902. The molecule has 0 aliphatic carbocycles. The van der Waals surface area contributed by atoms with E-state index in [9.17, 15) is 9.18 Å². The summed E-state index contributed by atoms with van der Waals surface area (Å²) in [5, 5.41) is 2.77. The highest BCUT2D eigenvalue weighted by atomic mass is 19.1. The van der Waals surface area contributed by atoms with Crippen LogP contribution >= 0.6 is 0 Å². The van der Waals surface area contributed by atoms with Gasteiger partial charge in [-0.15, -0.1) is 0 Å². The zero-order valence-corrected chi connectivity index (χ0v) is 10.0. The molecule has 0 radical (unpaired) electrons. The Balaban J connectivity index is 1.90. The number of halogens is 1. The topological polar surface area (TPSA) is 42.2 Å². The second-order valence-electron chi connectivity index (χ2n) is 4.14. The molecule has 0 aliphatic heterocycles. The van der Waals surface area contributed by atoms with Crippen molar-refractivity contribution in [2.75, 3.05) is 6.54 Å². The van der Waals surface area contributed by atoms with Crippen molar-refractivity contribution >= 4 is 5.91 Å². The molecule has 1 amide bonds. The van der Waals surface area contributed by atoms with Gasteiger partial charge in [0.1, 0.15) is 5.82 Å². The number of benzene rings is 1. The monoisotopic (exact) mass is 247 g/mol. The van der Waals surface area contributed by atoms with Gasteiger partial charge < -0.3 is 9.73 Å². The Labute approximate surface area is 105 Å². The number of carbonyl (C=O) groups excluding carboxylic acids is 1.